The monoisotopic (exact) mass is 265 g/mol. The number of carbonyl (C=O) groups is 1. The van der Waals surface area contributed by atoms with Gasteiger partial charge in [-0.1, -0.05) is 12.1 Å². The number of carboxylic acids is 1. The molecule has 0 amide bonds. The number of benzene rings is 1. The summed E-state index contributed by atoms with van der Waals surface area (Å²) < 4.78 is 5.40. The van der Waals surface area contributed by atoms with Crippen LogP contribution in [-0.4, -0.2) is 36.7 Å². The number of rotatable bonds is 6. The van der Waals surface area contributed by atoms with Gasteiger partial charge >= 0.3 is 5.97 Å². The average molecular weight is 265 g/mol. The molecule has 0 aromatic heterocycles. The lowest BCUT2D eigenvalue weighted by Crippen LogP contribution is -2.39. The van der Waals surface area contributed by atoms with E-state index >= 15 is 0 Å². The first-order valence-corrected chi connectivity index (χ1v) is 6.43. The van der Waals surface area contributed by atoms with Crippen molar-refractivity contribution in [2.45, 2.75) is 26.8 Å². The molecule has 0 spiro atoms. The van der Waals surface area contributed by atoms with Crippen molar-refractivity contribution in [3.8, 4) is 5.75 Å². The van der Waals surface area contributed by atoms with Crippen LogP contribution < -0.4 is 4.74 Å². The van der Waals surface area contributed by atoms with Gasteiger partial charge in [0.25, 0.3) is 0 Å². The molecule has 1 rings (SSSR count). The zero-order valence-corrected chi connectivity index (χ0v) is 12.3. The van der Waals surface area contributed by atoms with E-state index in [0.717, 1.165) is 11.3 Å². The number of nitrogens with zero attached hydrogens (tertiary/aromatic N) is 1. The zero-order valence-electron chi connectivity index (χ0n) is 12.3. The molecule has 0 aliphatic rings. The van der Waals surface area contributed by atoms with E-state index in [9.17, 15) is 9.90 Å². The van der Waals surface area contributed by atoms with Crippen LogP contribution in [0.4, 0.5) is 0 Å². The molecular formula is C15H23NO3. The summed E-state index contributed by atoms with van der Waals surface area (Å²) in [5.74, 6) is -0.00280. The van der Waals surface area contributed by atoms with Crippen LogP contribution in [0.2, 0.25) is 0 Å². The molecule has 1 aromatic rings. The molecule has 0 radical (unpaired) electrons. The van der Waals surface area contributed by atoms with Gasteiger partial charge in [-0.2, -0.15) is 0 Å². The first-order chi connectivity index (χ1) is 8.80. The van der Waals surface area contributed by atoms with Crippen LogP contribution in [0.15, 0.2) is 24.3 Å². The Bertz CT molecular complexity index is 424. The molecule has 4 heteroatoms. The van der Waals surface area contributed by atoms with Gasteiger partial charge in [-0.3, -0.25) is 4.79 Å². The topological polar surface area (TPSA) is 49.8 Å². The second-order valence-electron chi connectivity index (χ2n) is 5.40. The molecule has 4 nitrogen and oxygen atoms in total. The molecule has 0 bridgehead atoms. The Morgan fingerprint density at radius 1 is 1.32 bits per heavy atom. The Hall–Kier alpha value is -1.55. The van der Waals surface area contributed by atoms with Crippen LogP contribution in [0.3, 0.4) is 0 Å². The zero-order chi connectivity index (χ0) is 14.6. The predicted octanol–water partition coefficient (Wildman–Crippen LogP) is 2.80. The highest BCUT2D eigenvalue weighted by Crippen LogP contribution is 2.37. The normalized spacial score (nSPS) is 13.4. The van der Waals surface area contributed by atoms with Gasteiger partial charge in [0.05, 0.1) is 12.0 Å². The molecule has 106 valence electrons. The summed E-state index contributed by atoms with van der Waals surface area (Å²) in [6, 6.07) is 7.43. The molecule has 0 heterocycles. The first kappa shape index (κ1) is 15.5. The van der Waals surface area contributed by atoms with Gasteiger partial charge in [-0.15, -0.1) is 0 Å². The van der Waals surface area contributed by atoms with Crippen LogP contribution in [0.5, 0.6) is 5.75 Å². The predicted molar refractivity (Wildman–Crippen MR) is 75.5 cm³/mol. The standard InChI is InChI=1S/C15H23NO3/c1-6-19-12-9-7-11(8-10-12)13(16(4)5)15(2,3)14(17)18/h7-10,13H,6H2,1-5H3,(H,17,18). The van der Waals surface area contributed by atoms with E-state index in [0.29, 0.717) is 6.61 Å². The van der Waals surface area contributed by atoms with Crippen LogP contribution in [0.25, 0.3) is 0 Å². The van der Waals surface area contributed by atoms with Crippen LogP contribution in [-0.2, 0) is 4.79 Å². The van der Waals surface area contributed by atoms with Crippen molar-refractivity contribution in [2.24, 2.45) is 5.41 Å². The van der Waals surface area contributed by atoms with Crippen molar-refractivity contribution in [3.63, 3.8) is 0 Å². The minimum absolute atomic E-state index is 0.194. The molecule has 1 unspecified atom stereocenters. The Balaban J connectivity index is 3.10. The maximum Gasteiger partial charge on any atom is 0.311 e. The molecule has 0 saturated heterocycles. The molecule has 0 aliphatic carbocycles. The fraction of sp³-hybridized carbons (Fsp3) is 0.533. The minimum Gasteiger partial charge on any atom is -0.494 e. The van der Waals surface area contributed by atoms with E-state index in [1.54, 1.807) is 13.8 Å². The highest BCUT2D eigenvalue weighted by molar-refractivity contribution is 5.75. The third-order valence-electron chi connectivity index (χ3n) is 3.26. The molecule has 0 aliphatic heterocycles. The average Bonchev–Trinajstić information content (AvgIpc) is 2.31. The van der Waals surface area contributed by atoms with Crippen molar-refractivity contribution in [1.82, 2.24) is 4.90 Å². The number of ether oxygens (including phenoxy) is 1. The number of carboxylic acid groups (broad SMARTS) is 1. The molecule has 0 saturated carbocycles. The van der Waals surface area contributed by atoms with Crippen LogP contribution in [0, 0.1) is 5.41 Å². The first-order valence-electron chi connectivity index (χ1n) is 6.43. The maximum atomic E-state index is 11.5. The molecule has 1 atom stereocenters. The third-order valence-corrected chi connectivity index (χ3v) is 3.26. The summed E-state index contributed by atoms with van der Waals surface area (Å²) in [5.41, 5.74) is 0.109. The fourth-order valence-corrected chi connectivity index (χ4v) is 2.39. The molecule has 0 fully saturated rings. The SMILES string of the molecule is CCOc1ccc(C(N(C)C)C(C)(C)C(=O)O)cc1. The Morgan fingerprint density at radius 3 is 2.21 bits per heavy atom. The van der Waals surface area contributed by atoms with E-state index in [-0.39, 0.29) is 6.04 Å². The second kappa shape index (κ2) is 6.06. The molecule has 1 aromatic carbocycles. The Kier molecular flexibility index (Phi) is 4.95. The van der Waals surface area contributed by atoms with Crippen molar-refractivity contribution >= 4 is 5.97 Å². The van der Waals surface area contributed by atoms with Crippen molar-refractivity contribution in [2.75, 3.05) is 20.7 Å². The summed E-state index contributed by atoms with van der Waals surface area (Å²) in [5, 5.41) is 9.41. The second-order valence-corrected chi connectivity index (χ2v) is 5.40. The van der Waals surface area contributed by atoms with E-state index in [1.807, 2.05) is 50.2 Å². The largest absolute Gasteiger partial charge is 0.494 e. The van der Waals surface area contributed by atoms with Crippen LogP contribution >= 0.6 is 0 Å². The quantitative estimate of drug-likeness (QED) is 0.859. The van der Waals surface area contributed by atoms with E-state index in [1.165, 1.54) is 0 Å². The summed E-state index contributed by atoms with van der Waals surface area (Å²) >= 11 is 0. The lowest BCUT2D eigenvalue weighted by atomic mass is 9.80. The van der Waals surface area contributed by atoms with E-state index in [4.69, 9.17) is 4.74 Å². The van der Waals surface area contributed by atoms with Gasteiger partial charge in [0.1, 0.15) is 5.75 Å². The molecule has 19 heavy (non-hydrogen) atoms. The summed E-state index contributed by atoms with van der Waals surface area (Å²) in [6.45, 7) is 6.05. The summed E-state index contributed by atoms with van der Waals surface area (Å²) in [6.07, 6.45) is 0. The summed E-state index contributed by atoms with van der Waals surface area (Å²) in [4.78, 5) is 13.4. The lowest BCUT2D eigenvalue weighted by Gasteiger charge is -2.36. The van der Waals surface area contributed by atoms with Gasteiger partial charge in [0, 0.05) is 6.04 Å². The van der Waals surface area contributed by atoms with Crippen molar-refractivity contribution < 1.29 is 14.6 Å². The number of hydrogen-bond donors (Lipinski definition) is 1. The lowest BCUT2D eigenvalue weighted by molar-refractivity contribution is -0.150. The smallest absolute Gasteiger partial charge is 0.311 e. The van der Waals surface area contributed by atoms with Gasteiger partial charge in [0.15, 0.2) is 0 Å². The molecule has 1 N–H and O–H groups in total. The number of hydrogen-bond acceptors (Lipinski definition) is 3. The van der Waals surface area contributed by atoms with Gasteiger partial charge in [-0.05, 0) is 52.6 Å². The Morgan fingerprint density at radius 2 is 1.84 bits per heavy atom. The fourth-order valence-electron chi connectivity index (χ4n) is 2.39. The van der Waals surface area contributed by atoms with Gasteiger partial charge < -0.3 is 14.7 Å². The Labute approximate surface area is 115 Å². The van der Waals surface area contributed by atoms with Crippen molar-refractivity contribution in [1.29, 1.82) is 0 Å². The highest BCUT2D eigenvalue weighted by atomic mass is 16.5. The summed E-state index contributed by atoms with van der Waals surface area (Å²) in [7, 11) is 3.79. The van der Waals surface area contributed by atoms with Crippen LogP contribution in [0.1, 0.15) is 32.4 Å². The van der Waals surface area contributed by atoms with E-state index < -0.39 is 11.4 Å². The molecular weight excluding hydrogens is 242 g/mol. The van der Waals surface area contributed by atoms with E-state index in [2.05, 4.69) is 0 Å². The highest BCUT2D eigenvalue weighted by Gasteiger charge is 2.39. The van der Waals surface area contributed by atoms with Gasteiger partial charge in [-0.25, -0.2) is 0 Å². The number of aliphatic carboxylic acids is 1. The third kappa shape index (κ3) is 3.47. The van der Waals surface area contributed by atoms with Gasteiger partial charge in [0.2, 0.25) is 0 Å². The van der Waals surface area contributed by atoms with Crippen molar-refractivity contribution in [3.05, 3.63) is 29.8 Å². The maximum absolute atomic E-state index is 11.5. The minimum atomic E-state index is -0.864.